The third-order valence-electron chi connectivity index (χ3n) is 2.18. The number of nitrogens with one attached hydrogen (secondary N) is 1. The SMILES string of the molecule is CC(C)(C)NCC1CN(C=O)CCO1. The highest BCUT2D eigenvalue weighted by atomic mass is 16.5. The number of carbonyl (C=O) groups excluding carboxylic acids is 1. The fourth-order valence-electron chi connectivity index (χ4n) is 1.38. The van der Waals surface area contributed by atoms with Gasteiger partial charge in [0.1, 0.15) is 0 Å². The quantitative estimate of drug-likeness (QED) is 0.663. The van der Waals surface area contributed by atoms with Crippen LogP contribution in [-0.2, 0) is 9.53 Å². The number of hydrogen-bond acceptors (Lipinski definition) is 3. The van der Waals surface area contributed by atoms with E-state index in [2.05, 4.69) is 26.1 Å². The normalized spacial score (nSPS) is 23.6. The summed E-state index contributed by atoms with van der Waals surface area (Å²) in [5, 5.41) is 3.37. The van der Waals surface area contributed by atoms with Crippen molar-refractivity contribution in [2.75, 3.05) is 26.2 Å². The van der Waals surface area contributed by atoms with E-state index in [9.17, 15) is 4.79 Å². The van der Waals surface area contributed by atoms with E-state index in [0.717, 1.165) is 19.5 Å². The molecule has 0 aromatic rings. The average molecular weight is 200 g/mol. The zero-order valence-corrected chi connectivity index (χ0v) is 9.25. The van der Waals surface area contributed by atoms with Gasteiger partial charge < -0.3 is 15.0 Å². The first-order chi connectivity index (χ1) is 6.51. The van der Waals surface area contributed by atoms with Crippen molar-refractivity contribution in [2.24, 2.45) is 0 Å². The molecule has 1 amide bonds. The molecule has 14 heavy (non-hydrogen) atoms. The van der Waals surface area contributed by atoms with Crippen LogP contribution in [0.1, 0.15) is 20.8 Å². The van der Waals surface area contributed by atoms with Gasteiger partial charge in [0.15, 0.2) is 0 Å². The molecule has 1 aliphatic heterocycles. The van der Waals surface area contributed by atoms with Crippen molar-refractivity contribution in [3.63, 3.8) is 0 Å². The summed E-state index contributed by atoms with van der Waals surface area (Å²) < 4.78 is 5.54. The maximum atomic E-state index is 10.6. The van der Waals surface area contributed by atoms with Crippen molar-refractivity contribution in [3.05, 3.63) is 0 Å². The Morgan fingerprint density at radius 3 is 2.86 bits per heavy atom. The van der Waals surface area contributed by atoms with Crippen LogP contribution < -0.4 is 5.32 Å². The Bertz CT molecular complexity index is 189. The van der Waals surface area contributed by atoms with E-state index in [1.54, 1.807) is 4.90 Å². The van der Waals surface area contributed by atoms with Crippen molar-refractivity contribution in [1.29, 1.82) is 0 Å². The van der Waals surface area contributed by atoms with Crippen LogP contribution in [0.2, 0.25) is 0 Å². The van der Waals surface area contributed by atoms with Gasteiger partial charge in [-0.15, -0.1) is 0 Å². The number of rotatable bonds is 3. The summed E-state index contributed by atoms with van der Waals surface area (Å²) in [6.07, 6.45) is 1.03. The second kappa shape index (κ2) is 4.75. The molecule has 0 aromatic heterocycles. The Hall–Kier alpha value is -0.610. The van der Waals surface area contributed by atoms with E-state index in [1.165, 1.54) is 0 Å². The van der Waals surface area contributed by atoms with Crippen molar-refractivity contribution in [1.82, 2.24) is 10.2 Å². The molecule has 82 valence electrons. The monoisotopic (exact) mass is 200 g/mol. The molecule has 1 saturated heterocycles. The lowest BCUT2D eigenvalue weighted by atomic mass is 10.1. The first kappa shape index (κ1) is 11.5. The third-order valence-corrected chi connectivity index (χ3v) is 2.18. The van der Waals surface area contributed by atoms with Crippen LogP contribution in [0.15, 0.2) is 0 Å². The van der Waals surface area contributed by atoms with Gasteiger partial charge in [-0.3, -0.25) is 4.79 Å². The number of hydrogen-bond donors (Lipinski definition) is 1. The molecule has 1 heterocycles. The van der Waals surface area contributed by atoms with E-state index in [1.807, 2.05) is 0 Å². The molecule has 0 bridgehead atoms. The molecule has 0 radical (unpaired) electrons. The van der Waals surface area contributed by atoms with Gasteiger partial charge in [-0.1, -0.05) is 0 Å². The predicted octanol–water partition coefficient (Wildman–Crippen LogP) is 0.232. The Kier molecular flexibility index (Phi) is 3.89. The van der Waals surface area contributed by atoms with Gasteiger partial charge in [-0.2, -0.15) is 0 Å². The first-order valence-electron chi connectivity index (χ1n) is 5.07. The number of carbonyl (C=O) groups is 1. The van der Waals surface area contributed by atoms with Crippen molar-refractivity contribution in [2.45, 2.75) is 32.4 Å². The minimum absolute atomic E-state index is 0.104. The summed E-state index contributed by atoms with van der Waals surface area (Å²) in [7, 11) is 0. The summed E-state index contributed by atoms with van der Waals surface area (Å²) in [5.41, 5.74) is 0.104. The van der Waals surface area contributed by atoms with Crippen LogP contribution in [0, 0.1) is 0 Å². The molecule has 0 spiro atoms. The molecule has 4 nitrogen and oxygen atoms in total. The maximum Gasteiger partial charge on any atom is 0.209 e. The average Bonchev–Trinajstić information content (AvgIpc) is 2.14. The van der Waals surface area contributed by atoms with Gasteiger partial charge in [-0.05, 0) is 20.8 Å². The fourth-order valence-corrected chi connectivity index (χ4v) is 1.38. The Labute approximate surface area is 85.6 Å². The molecule has 1 aliphatic rings. The summed E-state index contributed by atoms with van der Waals surface area (Å²) in [4.78, 5) is 12.3. The molecule has 1 rings (SSSR count). The van der Waals surface area contributed by atoms with Gasteiger partial charge in [-0.25, -0.2) is 0 Å². The van der Waals surface area contributed by atoms with Crippen LogP contribution in [0.4, 0.5) is 0 Å². The van der Waals surface area contributed by atoms with E-state index < -0.39 is 0 Å². The summed E-state index contributed by atoms with van der Waals surface area (Å²) >= 11 is 0. The van der Waals surface area contributed by atoms with E-state index in [-0.39, 0.29) is 11.6 Å². The highest BCUT2D eigenvalue weighted by Gasteiger charge is 2.20. The zero-order chi connectivity index (χ0) is 10.6. The predicted molar refractivity (Wildman–Crippen MR) is 55.1 cm³/mol. The molecular weight excluding hydrogens is 180 g/mol. The van der Waals surface area contributed by atoms with E-state index in [4.69, 9.17) is 4.74 Å². The van der Waals surface area contributed by atoms with E-state index in [0.29, 0.717) is 13.2 Å². The van der Waals surface area contributed by atoms with Crippen molar-refractivity contribution < 1.29 is 9.53 Å². The molecule has 1 atom stereocenters. The standard InChI is InChI=1S/C10H20N2O2/c1-10(2,3)11-6-9-7-12(8-13)4-5-14-9/h8-9,11H,4-7H2,1-3H3. The molecule has 4 heteroatoms. The summed E-state index contributed by atoms with van der Waals surface area (Å²) in [5.74, 6) is 0. The summed E-state index contributed by atoms with van der Waals surface area (Å²) in [6, 6.07) is 0. The van der Waals surface area contributed by atoms with E-state index >= 15 is 0 Å². The Morgan fingerprint density at radius 2 is 2.29 bits per heavy atom. The van der Waals surface area contributed by atoms with Gasteiger partial charge in [0.05, 0.1) is 12.7 Å². The van der Waals surface area contributed by atoms with Crippen LogP contribution in [0.25, 0.3) is 0 Å². The van der Waals surface area contributed by atoms with Crippen molar-refractivity contribution in [3.8, 4) is 0 Å². The van der Waals surface area contributed by atoms with Crippen molar-refractivity contribution >= 4 is 6.41 Å². The van der Waals surface area contributed by atoms with Gasteiger partial charge in [0.25, 0.3) is 0 Å². The number of amides is 1. The molecule has 0 aliphatic carbocycles. The fraction of sp³-hybridized carbons (Fsp3) is 0.900. The molecule has 1 N–H and O–H groups in total. The minimum Gasteiger partial charge on any atom is -0.373 e. The first-order valence-corrected chi connectivity index (χ1v) is 5.07. The van der Waals surface area contributed by atoms with Gasteiger partial charge in [0, 0.05) is 25.2 Å². The largest absolute Gasteiger partial charge is 0.373 e. The Morgan fingerprint density at radius 1 is 1.57 bits per heavy atom. The number of morpholine rings is 1. The number of ether oxygens (including phenoxy) is 1. The van der Waals surface area contributed by atoms with Gasteiger partial charge >= 0.3 is 0 Å². The van der Waals surface area contributed by atoms with Gasteiger partial charge in [0.2, 0.25) is 6.41 Å². The lowest BCUT2D eigenvalue weighted by Gasteiger charge is -2.32. The molecule has 0 aromatic carbocycles. The van der Waals surface area contributed by atoms with Crippen LogP contribution >= 0.6 is 0 Å². The number of nitrogens with zero attached hydrogens (tertiary/aromatic N) is 1. The van der Waals surface area contributed by atoms with Crippen LogP contribution in [0.5, 0.6) is 0 Å². The second-order valence-corrected chi connectivity index (χ2v) is 4.72. The lowest BCUT2D eigenvalue weighted by molar-refractivity contribution is -0.125. The lowest BCUT2D eigenvalue weighted by Crippen LogP contribution is -2.49. The Balaban J connectivity index is 2.27. The molecule has 1 unspecified atom stereocenters. The molecule has 0 saturated carbocycles. The molecular formula is C10H20N2O2. The zero-order valence-electron chi connectivity index (χ0n) is 9.25. The molecule has 1 fully saturated rings. The summed E-state index contributed by atoms with van der Waals surface area (Å²) in [6.45, 7) is 9.22. The van der Waals surface area contributed by atoms with Crippen LogP contribution in [0.3, 0.4) is 0 Å². The minimum atomic E-state index is 0.104. The second-order valence-electron chi connectivity index (χ2n) is 4.72. The third kappa shape index (κ3) is 4.07. The smallest absolute Gasteiger partial charge is 0.209 e. The highest BCUT2D eigenvalue weighted by Crippen LogP contribution is 2.05. The topological polar surface area (TPSA) is 41.6 Å². The maximum absolute atomic E-state index is 10.6. The highest BCUT2D eigenvalue weighted by molar-refractivity contribution is 5.47. The van der Waals surface area contributed by atoms with Crippen LogP contribution in [-0.4, -0.2) is 49.2 Å².